The zero-order valence-electron chi connectivity index (χ0n) is 27.7. The third-order valence-electron chi connectivity index (χ3n) is 8.85. The van der Waals surface area contributed by atoms with Gasteiger partial charge in [-0.2, -0.15) is 0 Å². The van der Waals surface area contributed by atoms with Crippen molar-refractivity contribution in [2.45, 2.75) is 213 Å². The van der Waals surface area contributed by atoms with Crippen LogP contribution in [0.2, 0.25) is 0 Å². The predicted octanol–water partition coefficient (Wildman–Crippen LogP) is 13.5. The fourth-order valence-corrected chi connectivity index (χ4v) is 6.12. The first-order valence-corrected chi connectivity index (χ1v) is 18.6. The lowest BCUT2D eigenvalue weighted by molar-refractivity contribution is 0.534. The number of aryl methyl sites for hydroxylation is 2. The Hall–Kier alpha value is -0.850. The standard InChI is InChI=1S/C39H72N/c1-4-7-9-11-13-15-17-19-21-23-25-27-29-31-33-38-35-37(6-3)36-39(40-38)34-32-30-28-26-24-22-20-18-16-14-12-10-8-5-2/h35-36H,3-34H2,1-2H3. The smallest absolute Gasteiger partial charge is 0.0409 e. The van der Waals surface area contributed by atoms with Gasteiger partial charge in [0, 0.05) is 11.4 Å². The van der Waals surface area contributed by atoms with Crippen LogP contribution in [0.25, 0.3) is 0 Å². The summed E-state index contributed by atoms with van der Waals surface area (Å²) >= 11 is 0. The fraction of sp³-hybridized carbons (Fsp3) is 0.846. The van der Waals surface area contributed by atoms with E-state index in [1.807, 2.05) is 0 Å². The monoisotopic (exact) mass is 555 g/mol. The van der Waals surface area contributed by atoms with E-state index in [1.165, 1.54) is 197 Å². The van der Waals surface area contributed by atoms with Gasteiger partial charge in [-0.1, -0.05) is 181 Å². The van der Waals surface area contributed by atoms with Gasteiger partial charge < -0.3 is 0 Å². The lowest BCUT2D eigenvalue weighted by atomic mass is 10.0. The van der Waals surface area contributed by atoms with Crippen LogP contribution in [0.4, 0.5) is 0 Å². The molecule has 1 heteroatoms. The molecule has 0 atom stereocenters. The lowest BCUT2D eigenvalue weighted by Gasteiger charge is -2.09. The fourth-order valence-electron chi connectivity index (χ4n) is 6.12. The molecule has 1 radical (unpaired) electrons. The Labute approximate surface area is 253 Å². The zero-order chi connectivity index (χ0) is 28.8. The number of aromatic nitrogens is 1. The van der Waals surface area contributed by atoms with Gasteiger partial charge in [0.2, 0.25) is 0 Å². The summed E-state index contributed by atoms with van der Waals surface area (Å²) in [6, 6.07) is 4.65. The van der Waals surface area contributed by atoms with E-state index in [0.717, 1.165) is 19.3 Å². The topological polar surface area (TPSA) is 12.9 Å². The molecule has 1 aromatic rings. The highest BCUT2D eigenvalue weighted by molar-refractivity contribution is 5.22. The molecule has 40 heavy (non-hydrogen) atoms. The van der Waals surface area contributed by atoms with E-state index in [1.54, 1.807) is 0 Å². The largest absolute Gasteiger partial charge is 0.258 e. The molecule has 0 saturated heterocycles. The van der Waals surface area contributed by atoms with E-state index < -0.39 is 0 Å². The van der Waals surface area contributed by atoms with Gasteiger partial charge in [-0.25, -0.2) is 0 Å². The second-order valence-corrected chi connectivity index (χ2v) is 12.9. The van der Waals surface area contributed by atoms with Crippen LogP contribution in [0.1, 0.15) is 211 Å². The van der Waals surface area contributed by atoms with Crippen molar-refractivity contribution in [2.24, 2.45) is 0 Å². The van der Waals surface area contributed by atoms with Crippen molar-refractivity contribution in [1.82, 2.24) is 4.98 Å². The van der Waals surface area contributed by atoms with Crippen molar-refractivity contribution >= 4 is 0 Å². The van der Waals surface area contributed by atoms with Crippen LogP contribution < -0.4 is 0 Å². The highest BCUT2D eigenvalue weighted by Crippen LogP contribution is 2.17. The zero-order valence-corrected chi connectivity index (χ0v) is 27.7. The molecule has 1 nitrogen and oxygen atoms in total. The number of rotatable bonds is 31. The van der Waals surface area contributed by atoms with Gasteiger partial charge in [0.1, 0.15) is 0 Å². The third-order valence-corrected chi connectivity index (χ3v) is 8.85. The molecule has 0 spiro atoms. The van der Waals surface area contributed by atoms with Crippen molar-refractivity contribution in [3.63, 3.8) is 0 Å². The Morgan fingerprint density at radius 1 is 0.400 bits per heavy atom. The molecule has 233 valence electrons. The van der Waals surface area contributed by atoms with Gasteiger partial charge in [-0.15, -0.1) is 0 Å². The first-order chi connectivity index (χ1) is 19.8. The maximum atomic E-state index is 5.05. The summed E-state index contributed by atoms with van der Waals surface area (Å²) < 4.78 is 0. The van der Waals surface area contributed by atoms with E-state index in [9.17, 15) is 0 Å². The van der Waals surface area contributed by atoms with Gasteiger partial charge in [0.15, 0.2) is 0 Å². The summed E-state index contributed by atoms with van der Waals surface area (Å²) in [5.41, 5.74) is 4.02. The molecule has 1 rings (SSSR count). The Bertz CT molecular complexity index is 585. The van der Waals surface area contributed by atoms with Crippen LogP contribution in [0.3, 0.4) is 0 Å². The van der Waals surface area contributed by atoms with E-state index in [0.29, 0.717) is 0 Å². The average molecular weight is 555 g/mol. The number of hydrogen-bond donors (Lipinski definition) is 0. The van der Waals surface area contributed by atoms with Crippen LogP contribution in [0.15, 0.2) is 12.1 Å². The maximum absolute atomic E-state index is 5.05. The lowest BCUT2D eigenvalue weighted by Crippen LogP contribution is -2.00. The summed E-state index contributed by atoms with van der Waals surface area (Å²) in [4.78, 5) is 5.05. The summed E-state index contributed by atoms with van der Waals surface area (Å²) in [6.07, 6.45) is 43.0. The highest BCUT2D eigenvalue weighted by Gasteiger charge is 2.04. The van der Waals surface area contributed by atoms with E-state index in [4.69, 9.17) is 4.98 Å². The van der Waals surface area contributed by atoms with E-state index >= 15 is 0 Å². The van der Waals surface area contributed by atoms with Crippen LogP contribution >= 0.6 is 0 Å². The number of unbranched alkanes of at least 4 members (excludes halogenated alkanes) is 26. The molecule has 1 heterocycles. The van der Waals surface area contributed by atoms with Gasteiger partial charge in [-0.3, -0.25) is 4.98 Å². The molecule has 1 aromatic heterocycles. The van der Waals surface area contributed by atoms with Crippen molar-refractivity contribution in [2.75, 3.05) is 0 Å². The van der Waals surface area contributed by atoms with Crippen LogP contribution in [-0.4, -0.2) is 4.98 Å². The highest BCUT2D eigenvalue weighted by atomic mass is 14.7. The maximum Gasteiger partial charge on any atom is 0.0409 e. The molecule has 0 bridgehead atoms. The molecule has 0 unspecified atom stereocenters. The molecule has 0 aliphatic rings. The van der Waals surface area contributed by atoms with Gasteiger partial charge in [-0.05, 0) is 56.7 Å². The first kappa shape index (κ1) is 37.2. The van der Waals surface area contributed by atoms with Crippen molar-refractivity contribution in [1.29, 1.82) is 0 Å². The van der Waals surface area contributed by atoms with Crippen LogP contribution in [0, 0.1) is 6.92 Å². The third kappa shape index (κ3) is 23.8. The molecule has 0 aliphatic heterocycles. The Balaban J connectivity index is 2.01. The molecule has 0 aromatic carbocycles. The van der Waals surface area contributed by atoms with E-state index in [2.05, 4.69) is 32.9 Å². The van der Waals surface area contributed by atoms with Crippen molar-refractivity contribution < 1.29 is 0 Å². The molecule has 0 fully saturated rings. The van der Waals surface area contributed by atoms with Gasteiger partial charge in [0.25, 0.3) is 0 Å². The quantitative estimate of drug-likeness (QED) is 0.0831. The predicted molar refractivity (Wildman–Crippen MR) is 181 cm³/mol. The Morgan fingerprint density at radius 2 is 0.650 bits per heavy atom. The number of nitrogens with zero attached hydrogens (tertiary/aromatic N) is 1. The molecular formula is C39H72N. The summed E-state index contributed by atoms with van der Waals surface area (Å²) in [7, 11) is 0. The van der Waals surface area contributed by atoms with E-state index in [-0.39, 0.29) is 0 Å². The summed E-state index contributed by atoms with van der Waals surface area (Å²) in [5.74, 6) is 0. The second-order valence-electron chi connectivity index (χ2n) is 12.9. The molecular weight excluding hydrogens is 482 g/mol. The average Bonchev–Trinajstić information content (AvgIpc) is 2.97. The number of hydrogen-bond acceptors (Lipinski definition) is 1. The molecule has 0 N–H and O–H groups in total. The normalized spacial score (nSPS) is 11.5. The number of pyridine rings is 1. The Morgan fingerprint density at radius 3 is 0.900 bits per heavy atom. The van der Waals surface area contributed by atoms with Crippen molar-refractivity contribution in [3.05, 3.63) is 36.0 Å². The molecule has 0 aliphatic carbocycles. The minimum atomic E-state index is 0.889. The van der Waals surface area contributed by atoms with Crippen LogP contribution in [-0.2, 0) is 19.3 Å². The first-order valence-electron chi connectivity index (χ1n) is 18.6. The SMILES string of the molecule is [CH2]Cc1cc(CCCCCCCCCCCCCCCC)nc(CCCCCCCCCCCCCCCC)c1. The molecule has 0 amide bonds. The second kappa shape index (κ2) is 29.6. The Kier molecular flexibility index (Phi) is 27.5. The van der Waals surface area contributed by atoms with Crippen LogP contribution in [0.5, 0.6) is 0 Å². The van der Waals surface area contributed by atoms with Gasteiger partial charge in [0.05, 0.1) is 0 Å². The minimum absolute atomic E-state index is 0.889. The minimum Gasteiger partial charge on any atom is -0.258 e. The summed E-state index contributed by atoms with van der Waals surface area (Å²) in [5, 5.41) is 0. The molecule has 0 saturated carbocycles. The summed E-state index contributed by atoms with van der Waals surface area (Å²) in [6.45, 7) is 8.76. The van der Waals surface area contributed by atoms with Gasteiger partial charge >= 0.3 is 0 Å². The van der Waals surface area contributed by atoms with Crippen molar-refractivity contribution in [3.8, 4) is 0 Å².